The Hall–Kier alpha value is -6.84. The zero-order valence-electron chi connectivity index (χ0n) is 33.2. The standard InChI is InChI=1S/C43H44O16/c1-6-53-42(50)58-39-28(18-16-23(2)17-19-33(46)47)37(25(4)30-22-56-41(49)35(30)39)54-20-26-12-10-11-14-31(26)57-43(51)59-38-27(13-8-7-9-15-32(44)45)36(52-5)24(3)29-21-55-40(48)34(29)38/h7-8,10-12,14,16H,6,9,13,15,17-22H2,1-5H3,(H,44,45)(H,46,47). The minimum Gasteiger partial charge on any atom is -0.496 e. The molecule has 0 aliphatic carbocycles. The lowest BCUT2D eigenvalue weighted by atomic mass is 9.94. The first-order valence-corrected chi connectivity index (χ1v) is 18.7. The van der Waals surface area contributed by atoms with Crippen LogP contribution < -0.4 is 23.7 Å². The van der Waals surface area contributed by atoms with E-state index in [-0.39, 0.29) is 99.1 Å². The van der Waals surface area contributed by atoms with Gasteiger partial charge in [0, 0.05) is 40.7 Å². The number of carbonyl (C=O) groups excluding carboxylic acids is 4. The van der Waals surface area contributed by atoms with Gasteiger partial charge in [0.25, 0.3) is 0 Å². The maximum Gasteiger partial charge on any atom is 0.519 e. The smallest absolute Gasteiger partial charge is 0.496 e. The fourth-order valence-electron chi connectivity index (χ4n) is 6.67. The zero-order chi connectivity index (χ0) is 42.8. The van der Waals surface area contributed by atoms with Crippen LogP contribution in [0.1, 0.15) is 99.2 Å². The van der Waals surface area contributed by atoms with Crippen molar-refractivity contribution < 1.29 is 76.9 Å². The lowest BCUT2D eigenvalue weighted by Gasteiger charge is -2.21. The number of cyclic esters (lactones) is 2. The van der Waals surface area contributed by atoms with Gasteiger partial charge >= 0.3 is 36.2 Å². The number of rotatable bonds is 18. The quantitative estimate of drug-likeness (QED) is 0.0545. The maximum atomic E-state index is 13.6. The van der Waals surface area contributed by atoms with E-state index < -0.39 is 36.2 Å². The number of allylic oxidation sites excluding steroid dienone is 4. The van der Waals surface area contributed by atoms with Crippen LogP contribution in [-0.4, -0.2) is 60.1 Å². The molecule has 3 aromatic carbocycles. The molecule has 2 aliphatic heterocycles. The van der Waals surface area contributed by atoms with Crippen LogP contribution in [0.3, 0.4) is 0 Å². The third-order valence-electron chi connectivity index (χ3n) is 9.62. The first-order chi connectivity index (χ1) is 28.2. The summed E-state index contributed by atoms with van der Waals surface area (Å²) in [4.78, 5) is 74.4. The lowest BCUT2D eigenvalue weighted by Crippen LogP contribution is -2.19. The van der Waals surface area contributed by atoms with Gasteiger partial charge in [0.05, 0.1) is 13.7 Å². The number of para-hydroxylation sites is 1. The van der Waals surface area contributed by atoms with E-state index in [0.29, 0.717) is 44.7 Å². The molecular weight excluding hydrogens is 772 g/mol. The van der Waals surface area contributed by atoms with E-state index in [0.717, 1.165) is 5.57 Å². The molecule has 0 saturated heterocycles. The molecular formula is C43H44O16. The summed E-state index contributed by atoms with van der Waals surface area (Å²) >= 11 is 0. The predicted molar refractivity (Wildman–Crippen MR) is 206 cm³/mol. The fraction of sp³-hybridized carbons (Fsp3) is 0.349. The molecule has 3 aromatic rings. The summed E-state index contributed by atoms with van der Waals surface area (Å²) in [7, 11) is 1.43. The van der Waals surface area contributed by atoms with Crippen LogP contribution in [0.15, 0.2) is 48.1 Å². The summed E-state index contributed by atoms with van der Waals surface area (Å²) in [5, 5.41) is 18.2. The van der Waals surface area contributed by atoms with Crippen molar-refractivity contribution >= 4 is 36.2 Å². The number of carboxylic acids is 2. The van der Waals surface area contributed by atoms with Gasteiger partial charge in [-0.3, -0.25) is 9.59 Å². The van der Waals surface area contributed by atoms with Gasteiger partial charge in [-0.2, -0.15) is 0 Å². The highest BCUT2D eigenvalue weighted by Crippen LogP contribution is 2.45. The van der Waals surface area contributed by atoms with Crippen LogP contribution in [0, 0.1) is 13.8 Å². The minimum atomic E-state index is -1.20. The van der Waals surface area contributed by atoms with E-state index in [1.54, 1.807) is 64.1 Å². The maximum absolute atomic E-state index is 13.6. The highest BCUT2D eigenvalue weighted by molar-refractivity contribution is 5.99. The molecule has 59 heavy (non-hydrogen) atoms. The molecule has 312 valence electrons. The highest BCUT2D eigenvalue weighted by atomic mass is 16.7. The molecule has 5 rings (SSSR count). The van der Waals surface area contributed by atoms with E-state index >= 15 is 0 Å². The zero-order valence-corrected chi connectivity index (χ0v) is 33.2. The van der Waals surface area contributed by atoms with Crippen LogP contribution in [-0.2, 0) is 56.5 Å². The van der Waals surface area contributed by atoms with E-state index in [9.17, 15) is 33.9 Å². The third-order valence-corrected chi connectivity index (χ3v) is 9.62. The molecule has 0 saturated carbocycles. The van der Waals surface area contributed by atoms with E-state index in [4.69, 9.17) is 43.0 Å². The van der Waals surface area contributed by atoms with Crippen molar-refractivity contribution in [3.05, 3.63) is 98.1 Å². The van der Waals surface area contributed by atoms with Crippen LogP contribution in [0.5, 0.6) is 28.7 Å². The number of ether oxygens (including phenoxy) is 8. The number of aliphatic carboxylic acids is 2. The summed E-state index contributed by atoms with van der Waals surface area (Å²) in [6.07, 6.45) is 3.32. The van der Waals surface area contributed by atoms with Crippen molar-refractivity contribution in [2.75, 3.05) is 13.7 Å². The lowest BCUT2D eigenvalue weighted by molar-refractivity contribution is -0.137. The predicted octanol–water partition coefficient (Wildman–Crippen LogP) is 7.66. The number of carbonyl (C=O) groups is 6. The molecule has 2 heterocycles. The Kier molecular flexibility index (Phi) is 14.3. The summed E-state index contributed by atoms with van der Waals surface area (Å²) < 4.78 is 44.8. The SMILES string of the molecule is CCOC(=O)Oc1c(CC=C(C)CCC(=O)O)c(OCc2ccccc2OC(=O)Oc2c(CC=CCCC(=O)O)c(OC)c(C)c3c2C(=O)OC3)c(C)c2c1C(=O)OC2. The normalized spacial score (nSPS) is 13.0. The Labute approximate surface area is 339 Å². The molecule has 0 amide bonds. The fourth-order valence-corrected chi connectivity index (χ4v) is 6.67. The van der Waals surface area contributed by atoms with Gasteiger partial charge in [0.2, 0.25) is 0 Å². The molecule has 0 bridgehead atoms. The number of methoxy groups -OCH3 is 1. The van der Waals surface area contributed by atoms with E-state index in [1.807, 2.05) is 0 Å². The Morgan fingerprint density at radius 3 is 1.95 bits per heavy atom. The second-order valence-electron chi connectivity index (χ2n) is 13.5. The Balaban J connectivity index is 1.47. The first kappa shape index (κ1) is 43.3. The van der Waals surface area contributed by atoms with Gasteiger partial charge in [-0.15, -0.1) is 0 Å². The van der Waals surface area contributed by atoms with Crippen molar-refractivity contribution in [3.8, 4) is 28.7 Å². The average Bonchev–Trinajstić information content (AvgIpc) is 3.78. The van der Waals surface area contributed by atoms with Gasteiger partial charge in [-0.25, -0.2) is 19.2 Å². The van der Waals surface area contributed by atoms with Crippen LogP contribution in [0.4, 0.5) is 9.59 Å². The van der Waals surface area contributed by atoms with Crippen molar-refractivity contribution in [1.82, 2.24) is 0 Å². The summed E-state index contributed by atoms with van der Waals surface area (Å²) in [5.41, 5.74) is 3.86. The molecule has 0 radical (unpaired) electrons. The van der Waals surface area contributed by atoms with Crippen LogP contribution in [0.25, 0.3) is 0 Å². The molecule has 0 unspecified atom stereocenters. The van der Waals surface area contributed by atoms with Crippen LogP contribution in [0.2, 0.25) is 0 Å². The second kappa shape index (κ2) is 19.5. The molecule has 2 N–H and O–H groups in total. The van der Waals surface area contributed by atoms with Crippen molar-refractivity contribution in [2.24, 2.45) is 0 Å². The Morgan fingerprint density at radius 1 is 0.746 bits per heavy atom. The first-order valence-electron chi connectivity index (χ1n) is 18.7. The monoisotopic (exact) mass is 816 g/mol. The summed E-state index contributed by atoms with van der Waals surface area (Å²) in [5.74, 6) is -2.95. The number of hydrogen-bond donors (Lipinski definition) is 2. The topological polar surface area (TPSA) is 217 Å². The van der Waals surface area contributed by atoms with Gasteiger partial charge in [-0.1, -0.05) is 42.0 Å². The van der Waals surface area contributed by atoms with Crippen molar-refractivity contribution in [1.29, 1.82) is 0 Å². The molecule has 0 fully saturated rings. The summed E-state index contributed by atoms with van der Waals surface area (Å²) in [6, 6.07) is 6.45. The minimum absolute atomic E-state index is 0.000414. The molecule has 16 nitrogen and oxygen atoms in total. The van der Waals surface area contributed by atoms with Gasteiger partial charge < -0.3 is 48.1 Å². The third kappa shape index (κ3) is 10.2. The molecule has 0 atom stereocenters. The van der Waals surface area contributed by atoms with Crippen molar-refractivity contribution in [3.63, 3.8) is 0 Å². The largest absolute Gasteiger partial charge is 0.519 e. The summed E-state index contributed by atoms with van der Waals surface area (Å²) in [6.45, 7) is 6.42. The number of fused-ring (bicyclic) bond motifs is 2. The average molecular weight is 817 g/mol. The van der Waals surface area contributed by atoms with E-state index in [1.165, 1.54) is 13.2 Å². The molecule has 2 aliphatic rings. The van der Waals surface area contributed by atoms with Gasteiger partial charge in [0.1, 0.15) is 48.2 Å². The molecule has 0 spiro atoms. The Bertz CT molecular complexity index is 2230. The van der Waals surface area contributed by atoms with Crippen LogP contribution >= 0.6 is 0 Å². The Morgan fingerprint density at radius 2 is 1.34 bits per heavy atom. The second-order valence-corrected chi connectivity index (χ2v) is 13.5. The molecule has 0 aromatic heterocycles. The van der Waals surface area contributed by atoms with Gasteiger partial charge in [-0.05, 0) is 70.6 Å². The highest BCUT2D eigenvalue weighted by Gasteiger charge is 2.36. The number of carboxylic acid groups (broad SMARTS) is 2. The van der Waals surface area contributed by atoms with Crippen molar-refractivity contribution in [2.45, 2.75) is 86.0 Å². The number of esters is 2. The number of hydrogen-bond acceptors (Lipinski definition) is 14. The number of benzene rings is 3. The molecule has 16 heteroatoms. The van der Waals surface area contributed by atoms with Gasteiger partial charge in [0.15, 0.2) is 11.5 Å². The van der Waals surface area contributed by atoms with E-state index in [2.05, 4.69) is 0 Å².